The Balaban J connectivity index is 0.766. The number of para-hydroxylation sites is 5. The summed E-state index contributed by atoms with van der Waals surface area (Å²) in [7, 11) is 0. The second-order valence-electron chi connectivity index (χ2n) is 16.5. The van der Waals surface area contributed by atoms with Crippen LogP contribution in [0.25, 0.3) is 77.2 Å². The average Bonchev–Trinajstić information content (AvgIpc) is 4.14. The SMILES string of the molecule is C1=CCCC(n2c3ccccc3c3cccc(-c4ccc(C5CCC(C6=CCC(c7ccc(-c8cccc9c%10ccccc%10n(-c%10ccccc%10)c89)cc7)S6)S5)cc4)c32)=C1. The summed E-state index contributed by atoms with van der Waals surface area (Å²) in [6, 6.07) is 61.1. The van der Waals surface area contributed by atoms with Crippen molar-refractivity contribution in [3.05, 3.63) is 204 Å². The van der Waals surface area contributed by atoms with Crippen LogP contribution in [-0.2, 0) is 0 Å². The van der Waals surface area contributed by atoms with E-state index in [2.05, 4.69) is 221 Å². The summed E-state index contributed by atoms with van der Waals surface area (Å²) >= 11 is 4.28. The van der Waals surface area contributed by atoms with Gasteiger partial charge in [0.1, 0.15) is 0 Å². The fourth-order valence-electron chi connectivity index (χ4n) is 10.2. The molecule has 3 unspecified atom stereocenters. The Hall–Kier alpha value is -5.94. The molecule has 9 aromatic rings. The number of fused-ring (bicyclic) bond motifs is 6. The third-order valence-electron chi connectivity index (χ3n) is 13.0. The number of allylic oxidation sites excluding steroid dienone is 5. The maximum atomic E-state index is 2.54. The van der Waals surface area contributed by atoms with Gasteiger partial charge in [0.15, 0.2) is 0 Å². The monoisotopic (exact) mass is 808 g/mol. The highest BCUT2D eigenvalue weighted by Gasteiger charge is 2.33. The number of nitrogens with zero attached hydrogens (tertiary/aromatic N) is 2. The van der Waals surface area contributed by atoms with E-state index in [0.29, 0.717) is 15.7 Å². The number of thioether (sulfide) groups is 2. The summed E-state index contributed by atoms with van der Waals surface area (Å²) in [5.41, 5.74) is 15.7. The third kappa shape index (κ3) is 6.03. The first-order valence-electron chi connectivity index (χ1n) is 21.5. The van der Waals surface area contributed by atoms with Gasteiger partial charge >= 0.3 is 0 Å². The van der Waals surface area contributed by atoms with Gasteiger partial charge in [0, 0.05) is 59.8 Å². The summed E-state index contributed by atoms with van der Waals surface area (Å²) in [6.45, 7) is 0. The number of aromatic nitrogens is 2. The number of hydrogen-bond acceptors (Lipinski definition) is 2. The van der Waals surface area contributed by atoms with E-state index < -0.39 is 0 Å². The van der Waals surface area contributed by atoms with Crippen LogP contribution >= 0.6 is 23.5 Å². The fraction of sp³-hybridized carbons (Fsp3) is 0.143. The molecule has 0 radical (unpaired) electrons. The van der Waals surface area contributed by atoms with Crippen LogP contribution < -0.4 is 0 Å². The molecule has 1 saturated heterocycles. The summed E-state index contributed by atoms with van der Waals surface area (Å²) in [5.74, 6) is 0. The molecule has 2 aromatic heterocycles. The molecule has 1 fully saturated rings. The summed E-state index contributed by atoms with van der Waals surface area (Å²) in [5, 5.41) is 6.81. The standard InChI is InChI=1S/C56H44N2S2/c1-3-13-41(14-4-1)57-49-23-9-7-17-45(49)47-21-11-19-43(55(47)57)37-25-29-39(30-26-37)51-33-35-53(59-51)54-36-34-52(60-54)40-31-27-38(28-32-40)44-20-12-22-48-46-18-8-10-24-50(46)58(56(44)48)42-15-5-2-6-16-42/h1-5,7-15,17-32,35,51-52,54H,6,16,33-34,36H2. The van der Waals surface area contributed by atoms with Crippen molar-refractivity contribution < 1.29 is 0 Å². The largest absolute Gasteiger partial charge is 0.312 e. The van der Waals surface area contributed by atoms with E-state index in [4.69, 9.17) is 0 Å². The Kier molecular flexibility index (Phi) is 8.96. The Labute approximate surface area is 359 Å². The Morgan fingerprint density at radius 3 is 1.70 bits per heavy atom. The van der Waals surface area contributed by atoms with E-state index in [1.165, 1.54) is 101 Å². The average molecular weight is 809 g/mol. The molecule has 0 amide bonds. The second kappa shape index (κ2) is 15.0. The molecule has 4 heteroatoms. The van der Waals surface area contributed by atoms with Gasteiger partial charge in [0.25, 0.3) is 0 Å². The molecule has 3 aliphatic rings. The van der Waals surface area contributed by atoms with Gasteiger partial charge in [-0.2, -0.15) is 0 Å². The van der Waals surface area contributed by atoms with Crippen LogP contribution in [0.4, 0.5) is 0 Å². The van der Waals surface area contributed by atoms with Crippen molar-refractivity contribution in [1.82, 2.24) is 9.13 Å². The molecule has 12 rings (SSSR count). The van der Waals surface area contributed by atoms with Gasteiger partial charge in [-0.15, -0.1) is 23.5 Å². The molecule has 0 N–H and O–H groups in total. The van der Waals surface area contributed by atoms with Crippen LogP contribution in [0.3, 0.4) is 0 Å². The first-order chi connectivity index (χ1) is 29.8. The van der Waals surface area contributed by atoms with E-state index in [-0.39, 0.29) is 0 Å². The van der Waals surface area contributed by atoms with Crippen molar-refractivity contribution in [1.29, 1.82) is 0 Å². The molecule has 2 nitrogen and oxygen atoms in total. The molecule has 0 bridgehead atoms. The Morgan fingerprint density at radius 2 is 1.05 bits per heavy atom. The zero-order valence-corrected chi connectivity index (χ0v) is 35.0. The molecule has 7 aromatic carbocycles. The normalized spacial score (nSPS) is 19.2. The van der Waals surface area contributed by atoms with Crippen molar-refractivity contribution in [3.63, 3.8) is 0 Å². The van der Waals surface area contributed by atoms with Crippen LogP contribution in [0.5, 0.6) is 0 Å². The van der Waals surface area contributed by atoms with Crippen LogP contribution in [0, 0.1) is 0 Å². The van der Waals surface area contributed by atoms with E-state index in [1.54, 1.807) is 4.91 Å². The topological polar surface area (TPSA) is 9.86 Å². The molecule has 2 aliphatic heterocycles. The minimum Gasteiger partial charge on any atom is -0.312 e. The molecular weight excluding hydrogens is 765 g/mol. The summed E-state index contributed by atoms with van der Waals surface area (Å²) < 4.78 is 4.96. The lowest BCUT2D eigenvalue weighted by Crippen LogP contribution is -2.00. The van der Waals surface area contributed by atoms with E-state index in [1.807, 2.05) is 0 Å². The van der Waals surface area contributed by atoms with Gasteiger partial charge in [-0.3, -0.25) is 0 Å². The van der Waals surface area contributed by atoms with Gasteiger partial charge in [-0.25, -0.2) is 0 Å². The quantitative estimate of drug-likeness (QED) is 0.159. The van der Waals surface area contributed by atoms with E-state index in [9.17, 15) is 0 Å². The second-order valence-corrected chi connectivity index (χ2v) is 19.1. The maximum absolute atomic E-state index is 2.54. The predicted octanol–water partition coefficient (Wildman–Crippen LogP) is 16.1. The third-order valence-corrected chi connectivity index (χ3v) is 16.3. The summed E-state index contributed by atoms with van der Waals surface area (Å²) in [4.78, 5) is 1.58. The molecular formula is C56H44N2S2. The van der Waals surface area contributed by atoms with Crippen molar-refractivity contribution in [3.8, 4) is 27.9 Å². The summed E-state index contributed by atoms with van der Waals surface area (Å²) in [6.07, 6.45) is 15.0. The Bertz CT molecular complexity index is 3180. The van der Waals surface area contributed by atoms with Gasteiger partial charge < -0.3 is 9.13 Å². The van der Waals surface area contributed by atoms with Crippen molar-refractivity contribution >= 4 is 72.8 Å². The lowest BCUT2D eigenvalue weighted by atomic mass is 9.98. The highest BCUT2D eigenvalue weighted by Crippen LogP contribution is 2.55. The maximum Gasteiger partial charge on any atom is 0.0619 e. The zero-order chi connectivity index (χ0) is 39.6. The molecule has 3 atom stereocenters. The first-order valence-corrected chi connectivity index (χ1v) is 23.3. The van der Waals surface area contributed by atoms with Crippen molar-refractivity contribution in [2.45, 2.75) is 47.9 Å². The lowest BCUT2D eigenvalue weighted by Gasteiger charge is -2.17. The minimum atomic E-state index is 0.471. The van der Waals surface area contributed by atoms with Crippen LogP contribution in [0.1, 0.15) is 53.7 Å². The molecule has 1 aliphatic carbocycles. The smallest absolute Gasteiger partial charge is 0.0619 e. The van der Waals surface area contributed by atoms with Crippen molar-refractivity contribution in [2.75, 3.05) is 0 Å². The van der Waals surface area contributed by atoms with Crippen LogP contribution in [-0.4, -0.2) is 14.4 Å². The first kappa shape index (κ1) is 36.0. The molecule has 0 saturated carbocycles. The number of rotatable bonds is 7. The van der Waals surface area contributed by atoms with Crippen molar-refractivity contribution in [2.24, 2.45) is 0 Å². The van der Waals surface area contributed by atoms with Gasteiger partial charge in [0.05, 0.1) is 22.1 Å². The predicted molar refractivity (Wildman–Crippen MR) is 260 cm³/mol. The zero-order valence-electron chi connectivity index (χ0n) is 33.4. The van der Waals surface area contributed by atoms with E-state index >= 15 is 0 Å². The van der Waals surface area contributed by atoms with Crippen LogP contribution in [0.2, 0.25) is 0 Å². The highest BCUT2D eigenvalue weighted by molar-refractivity contribution is 8.06. The number of benzene rings is 7. The highest BCUT2D eigenvalue weighted by atomic mass is 32.2. The fourth-order valence-corrected chi connectivity index (χ4v) is 13.3. The Morgan fingerprint density at radius 1 is 0.483 bits per heavy atom. The van der Waals surface area contributed by atoms with Crippen LogP contribution in [0.15, 0.2) is 193 Å². The molecule has 290 valence electrons. The van der Waals surface area contributed by atoms with Gasteiger partial charge in [-0.05, 0) is 89.6 Å². The molecule has 60 heavy (non-hydrogen) atoms. The lowest BCUT2D eigenvalue weighted by molar-refractivity contribution is 0.792. The molecule has 4 heterocycles. The van der Waals surface area contributed by atoms with Gasteiger partial charge in [-0.1, -0.05) is 158 Å². The number of hydrogen-bond donors (Lipinski definition) is 0. The van der Waals surface area contributed by atoms with Gasteiger partial charge in [0.2, 0.25) is 0 Å². The van der Waals surface area contributed by atoms with E-state index in [0.717, 1.165) is 19.3 Å². The minimum absolute atomic E-state index is 0.471. The molecule has 0 spiro atoms.